The van der Waals surface area contributed by atoms with Crippen LogP contribution in [0.25, 0.3) is 0 Å². The van der Waals surface area contributed by atoms with Gasteiger partial charge in [0.2, 0.25) is 0 Å². The summed E-state index contributed by atoms with van der Waals surface area (Å²) in [6.07, 6.45) is 3.93. The molecule has 0 spiro atoms. The van der Waals surface area contributed by atoms with Crippen molar-refractivity contribution < 1.29 is 0 Å². The second-order valence-corrected chi connectivity index (χ2v) is 4.67. The molecule has 1 aromatic heterocycles. The van der Waals surface area contributed by atoms with Crippen molar-refractivity contribution in [3.8, 4) is 0 Å². The molecule has 0 unspecified atom stereocenters. The molecule has 15 heavy (non-hydrogen) atoms. The number of halogens is 2. The van der Waals surface area contributed by atoms with Gasteiger partial charge in [-0.15, -0.1) is 0 Å². The molecule has 1 aliphatic heterocycles. The van der Waals surface area contributed by atoms with Crippen LogP contribution in [-0.2, 0) is 6.54 Å². The summed E-state index contributed by atoms with van der Waals surface area (Å²) in [5.41, 5.74) is 1.07. The lowest BCUT2D eigenvalue weighted by atomic mass is 10.1. The Morgan fingerprint density at radius 3 is 2.53 bits per heavy atom. The minimum Gasteiger partial charge on any atom is -0.299 e. The molecule has 82 valence electrons. The summed E-state index contributed by atoms with van der Waals surface area (Å²) in [5.74, 6) is 0. The zero-order valence-electron chi connectivity index (χ0n) is 8.55. The normalized spacial score (nSPS) is 18.0. The average molecular weight is 245 g/mol. The molecule has 1 aromatic rings. The lowest BCUT2D eigenvalue weighted by Gasteiger charge is -2.26. The van der Waals surface area contributed by atoms with Gasteiger partial charge in [-0.05, 0) is 32.0 Å². The highest BCUT2D eigenvalue weighted by Gasteiger charge is 2.12. The molecule has 4 heteroatoms. The largest absolute Gasteiger partial charge is 0.299 e. The predicted octanol–water partition coefficient (Wildman–Crippen LogP) is 3.37. The van der Waals surface area contributed by atoms with E-state index in [0.29, 0.717) is 10.3 Å². The van der Waals surface area contributed by atoms with Crippen LogP contribution in [0, 0.1) is 0 Å². The summed E-state index contributed by atoms with van der Waals surface area (Å²) >= 11 is 11.8. The Morgan fingerprint density at radius 2 is 1.87 bits per heavy atom. The summed E-state index contributed by atoms with van der Waals surface area (Å²) in [6, 6.07) is 3.76. The number of aromatic nitrogens is 1. The molecule has 2 rings (SSSR count). The van der Waals surface area contributed by atoms with E-state index >= 15 is 0 Å². The van der Waals surface area contributed by atoms with E-state index in [1.165, 1.54) is 32.4 Å². The van der Waals surface area contributed by atoms with Gasteiger partial charge in [0.25, 0.3) is 0 Å². The zero-order valence-corrected chi connectivity index (χ0v) is 10.1. The Labute approximate surface area is 100 Å². The molecule has 2 nitrogen and oxygen atoms in total. The van der Waals surface area contributed by atoms with E-state index in [-0.39, 0.29) is 0 Å². The second kappa shape index (κ2) is 5.15. The van der Waals surface area contributed by atoms with Crippen molar-refractivity contribution in [1.82, 2.24) is 9.88 Å². The molecule has 0 aromatic carbocycles. The van der Waals surface area contributed by atoms with Gasteiger partial charge in [0.1, 0.15) is 10.3 Å². The lowest BCUT2D eigenvalue weighted by Crippen LogP contribution is -2.29. The summed E-state index contributed by atoms with van der Waals surface area (Å²) < 4.78 is 0. The van der Waals surface area contributed by atoms with Crippen molar-refractivity contribution in [1.29, 1.82) is 0 Å². The molecule has 0 N–H and O–H groups in total. The maximum Gasteiger partial charge on any atom is 0.135 e. The molecule has 0 saturated carbocycles. The minimum atomic E-state index is 0.461. The summed E-state index contributed by atoms with van der Waals surface area (Å²) in [4.78, 5) is 6.46. The van der Waals surface area contributed by atoms with Gasteiger partial charge in [-0.1, -0.05) is 35.7 Å². The Hall–Kier alpha value is -0.310. The molecule has 0 bridgehead atoms. The Bertz CT molecular complexity index is 335. The number of nitrogens with zero attached hydrogens (tertiary/aromatic N) is 2. The predicted molar refractivity (Wildman–Crippen MR) is 63.4 cm³/mol. The van der Waals surface area contributed by atoms with E-state index in [0.717, 1.165) is 12.1 Å². The first-order valence-corrected chi connectivity index (χ1v) is 6.04. The molecule has 0 atom stereocenters. The van der Waals surface area contributed by atoms with Gasteiger partial charge in [0.05, 0.1) is 0 Å². The fourth-order valence-corrected chi connectivity index (χ4v) is 2.32. The van der Waals surface area contributed by atoms with Crippen LogP contribution in [-0.4, -0.2) is 23.0 Å². The van der Waals surface area contributed by atoms with E-state index in [1.54, 1.807) is 6.07 Å². The van der Waals surface area contributed by atoms with Crippen LogP contribution >= 0.6 is 23.2 Å². The van der Waals surface area contributed by atoms with E-state index in [9.17, 15) is 0 Å². The third-order valence-electron chi connectivity index (χ3n) is 2.73. The molecule has 1 aliphatic rings. The van der Waals surface area contributed by atoms with Crippen molar-refractivity contribution in [2.75, 3.05) is 13.1 Å². The smallest absolute Gasteiger partial charge is 0.135 e. The van der Waals surface area contributed by atoms with Crippen molar-refractivity contribution in [2.24, 2.45) is 0 Å². The monoisotopic (exact) mass is 244 g/mol. The van der Waals surface area contributed by atoms with Gasteiger partial charge in [-0.25, -0.2) is 4.98 Å². The highest BCUT2D eigenvalue weighted by atomic mass is 35.5. The average Bonchev–Trinajstić information content (AvgIpc) is 2.24. The van der Waals surface area contributed by atoms with E-state index in [4.69, 9.17) is 23.2 Å². The quantitative estimate of drug-likeness (QED) is 0.742. The molecular formula is C11H14Cl2N2. The highest BCUT2D eigenvalue weighted by molar-refractivity contribution is 6.32. The number of pyridine rings is 1. The number of piperidine rings is 1. The summed E-state index contributed by atoms with van der Waals surface area (Å²) in [5, 5.41) is 0.996. The first-order valence-electron chi connectivity index (χ1n) is 5.29. The van der Waals surface area contributed by atoms with E-state index in [2.05, 4.69) is 9.88 Å². The van der Waals surface area contributed by atoms with Crippen molar-refractivity contribution >= 4 is 23.2 Å². The molecular weight excluding hydrogens is 231 g/mol. The summed E-state index contributed by atoms with van der Waals surface area (Å²) in [7, 11) is 0. The Morgan fingerprint density at radius 1 is 1.13 bits per heavy atom. The van der Waals surface area contributed by atoms with Crippen molar-refractivity contribution in [3.05, 3.63) is 28.0 Å². The van der Waals surface area contributed by atoms with Crippen molar-refractivity contribution in [3.63, 3.8) is 0 Å². The highest BCUT2D eigenvalue weighted by Crippen LogP contribution is 2.20. The van der Waals surface area contributed by atoms with Gasteiger partial charge in [-0.2, -0.15) is 0 Å². The molecule has 0 amide bonds. The Kier molecular flexibility index (Phi) is 3.84. The van der Waals surface area contributed by atoms with Crippen LogP contribution < -0.4 is 0 Å². The van der Waals surface area contributed by atoms with Crippen LogP contribution in [0.1, 0.15) is 24.8 Å². The number of hydrogen-bond acceptors (Lipinski definition) is 2. The van der Waals surface area contributed by atoms with Crippen molar-refractivity contribution in [2.45, 2.75) is 25.8 Å². The molecule has 0 aliphatic carbocycles. The summed E-state index contributed by atoms with van der Waals surface area (Å²) in [6.45, 7) is 3.22. The lowest BCUT2D eigenvalue weighted by molar-refractivity contribution is 0.221. The second-order valence-electron chi connectivity index (χ2n) is 3.92. The third kappa shape index (κ3) is 3.07. The molecule has 1 saturated heterocycles. The van der Waals surface area contributed by atoms with Crippen LogP contribution in [0.15, 0.2) is 12.1 Å². The van der Waals surface area contributed by atoms with Crippen LogP contribution in [0.4, 0.5) is 0 Å². The van der Waals surface area contributed by atoms with Crippen LogP contribution in [0.5, 0.6) is 0 Å². The van der Waals surface area contributed by atoms with E-state index < -0.39 is 0 Å². The third-order valence-corrected chi connectivity index (χ3v) is 3.27. The number of rotatable bonds is 2. The van der Waals surface area contributed by atoms with E-state index in [1.807, 2.05) is 6.07 Å². The van der Waals surface area contributed by atoms with Crippen LogP contribution in [0.2, 0.25) is 10.3 Å². The minimum absolute atomic E-state index is 0.461. The maximum atomic E-state index is 6.03. The van der Waals surface area contributed by atoms with Gasteiger partial charge in [0.15, 0.2) is 0 Å². The molecule has 2 heterocycles. The van der Waals surface area contributed by atoms with Crippen LogP contribution in [0.3, 0.4) is 0 Å². The van der Waals surface area contributed by atoms with Gasteiger partial charge < -0.3 is 0 Å². The Balaban J connectivity index is 2.03. The van der Waals surface area contributed by atoms with Gasteiger partial charge >= 0.3 is 0 Å². The number of likely N-dealkylation sites (tertiary alicyclic amines) is 1. The first-order chi connectivity index (χ1) is 7.25. The topological polar surface area (TPSA) is 16.1 Å². The standard InChI is InChI=1S/C11H14Cl2N2/c12-10-5-4-9(11(13)14-10)8-15-6-2-1-3-7-15/h4-5H,1-3,6-8H2. The molecule has 0 radical (unpaired) electrons. The SMILES string of the molecule is Clc1ccc(CN2CCCCC2)c(Cl)n1. The molecule has 1 fully saturated rings. The maximum absolute atomic E-state index is 6.03. The van der Waals surface area contributed by atoms with Gasteiger partial charge in [-0.3, -0.25) is 4.90 Å². The number of hydrogen-bond donors (Lipinski definition) is 0. The fourth-order valence-electron chi connectivity index (χ4n) is 1.92. The zero-order chi connectivity index (χ0) is 10.7. The fraction of sp³-hybridized carbons (Fsp3) is 0.545. The van der Waals surface area contributed by atoms with Gasteiger partial charge in [0, 0.05) is 12.1 Å². The first kappa shape index (κ1) is 11.2.